The van der Waals surface area contributed by atoms with Crippen LogP contribution in [0.15, 0.2) is 35.5 Å². The molecule has 186 valence electrons. The zero-order valence-corrected chi connectivity index (χ0v) is 20.6. The first-order valence-electron chi connectivity index (χ1n) is 11.7. The van der Waals surface area contributed by atoms with Crippen molar-refractivity contribution in [3.8, 4) is 11.8 Å². The van der Waals surface area contributed by atoms with Crippen molar-refractivity contribution in [3.63, 3.8) is 0 Å². The van der Waals surface area contributed by atoms with E-state index >= 15 is 0 Å². The number of amides is 2. The van der Waals surface area contributed by atoms with Gasteiger partial charge in [0.2, 0.25) is 0 Å². The summed E-state index contributed by atoms with van der Waals surface area (Å²) < 4.78 is 17.3. The molecule has 1 atom stereocenters. The number of benzene rings is 1. The molecule has 0 radical (unpaired) electrons. The van der Waals surface area contributed by atoms with Crippen LogP contribution in [0.3, 0.4) is 0 Å². The number of amidine groups is 1. The molecule has 2 spiro atoms. The molecule has 1 aliphatic carbocycles. The molecular weight excluding hydrogens is 462 g/mol. The van der Waals surface area contributed by atoms with Gasteiger partial charge < -0.3 is 19.5 Å². The number of aliphatic imine (C=N–C) groups is 1. The van der Waals surface area contributed by atoms with E-state index in [-0.39, 0.29) is 29.6 Å². The fraction of sp³-hybridized carbons (Fsp3) is 0.423. The van der Waals surface area contributed by atoms with Crippen LogP contribution in [0.25, 0.3) is 0 Å². The van der Waals surface area contributed by atoms with Crippen LogP contribution in [-0.4, -0.2) is 41.8 Å². The summed E-state index contributed by atoms with van der Waals surface area (Å²) in [7, 11) is 0. The number of nitrogens with zero attached hydrogens (tertiary/aromatic N) is 3. The van der Waals surface area contributed by atoms with Crippen molar-refractivity contribution in [1.82, 2.24) is 10.3 Å². The van der Waals surface area contributed by atoms with E-state index in [2.05, 4.69) is 15.6 Å². The van der Waals surface area contributed by atoms with E-state index in [1.807, 2.05) is 12.1 Å². The van der Waals surface area contributed by atoms with Gasteiger partial charge in [0.15, 0.2) is 0 Å². The molecule has 5 rings (SSSR count). The number of hydrogen-bond acceptors (Lipinski definition) is 8. The summed E-state index contributed by atoms with van der Waals surface area (Å²) in [6, 6.07) is 9.15. The smallest absolute Gasteiger partial charge is 0.415 e. The zero-order valence-electron chi connectivity index (χ0n) is 20.6. The number of hydrogen-bond donors (Lipinski definition) is 2. The minimum absolute atomic E-state index is 0.107. The summed E-state index contributed by atoms with van der Waals surface area (Å²) in [5.41, 5.74) is 0.916. The number of rotatable bonds is 2. The van der Waals surface area contributed by atoms with Gasteiger partial charge in [-0.05, 0) is 70.4 Å². The van der Waals surface area contributed by atoms with Crippen LogP contribution in [-0.2, 0) is 15.0 Å². The number of ether oxygens (including phenoxy) is 3. The molecule has 2 N–H and O–H groups in total. The van der Waals surface area contributed by atoms with Crippen LogP contribution in [0.2, 0.25) is 0 Å². The lowest BCUT2D eigenvalue weighted by molar-refractivity contribution is 0.0546. The number of aromatic nitrogens is 1. The largest absolute Gasteiger partial charge is 0.493 e. The third-order valence-electron chi connectivity index (χ3n) is 6.66. The van der Waals surface area contributed by atoms with Gasteiger partial charge in [0.1, 0.15) is 35.3 Å². The second-order valence-electron chi connectivity index (χ2n) is 10.4. The van der Waals surface area contributed by atoms with Crippen LogP contribution in [0.5, 0.6) is 5.75 Å². The molecule has 2 aromatic rings. The maximum absolute atomic E-state index is 12.9. The zero-order chi connectivity index (χ0) is 25.7. The van der Waals surface area contributed by atoms with E-state index < -0.39 is 17.2 Å². The average molecular weight is 490 g/mol. The van der Waals surface area contributed by atoms with E-state index in [9.17, 15) is 9.59 Å². The average Bonchev–Trinajstić information content (AvgIpc) is 3.48. The van der Waals surface area contributed by atoms with E-state index in [0.29, 0.717) is 29.2 Å². The lowest BCUT2D eigenvalue weighted by Crippen LogP contribution is -2.44. The highest BCUT2D eigenvalue weighted by Crippen LogP contribution is 2.65. The molecule has 3 heterocycles. The lowest BCUT2D eigenvalue weighted by atomic mass is 9.74. The van der Waals surface area contributed by atoms with Crippen molar-refractivity contribution in [2.24, 2.45) is 10.4 Å². The van der Waals surface area contributed by atoms with Gasteiger partial charge >= 0.3 is 6.09 Å². The Morgan fingerprint density at radius 3 is 2.58 bits per heavy atom. The topological polar surface area (TPSA) is 135 Å². The number of carbonyl (C=O) groups is 2. The van der Waals surface area contributed by atoms with Gasteiger partial charge in [-0.15, -0.1) is 0 Å². The summed E-state index contributed by atoms with van der Waals surface area (Å²) in [5.74, 6) is 0.270. The number of pyridine rings is 1. The highest BCUT2D eigenvalue weighted by Gasteiger charge is 2.66. The summed E-state index contributed by atoms with van der Waals surface area (Å²) in [4.78, 5) is 34.2. The highest BCUT2D eigenvalue weighted by atomic mass is 16.6. The molecule has 0 bridgehead atoms. The number of nitriles is 1. The van der Waals surface area contributed by atoms with Crippen molar-refractivity contribution in [2.45, 2.75) is 51.7 Å². The molecule has 1 saturated carbocycles. The van der Waals surface area contributed by atoms with Gasteiger partial charge in [0.25, 0.3) is 11.9 Å². The Bertz CT molecular complexity index is 1340. The monoisotopic (exact) mass is 489 g/mol. The molecule has 2 amide bonds. The van der Waals surface area contributed by atoms with Crippen molar-refractivity contribution in [2.75, 3.05) is 18.5 Å². The quantitative estimate of drug-likeness (QED) is 0.655. The summed E-state index contributed by atoms with van der Waals surface area (Å²) in [5, 5.41) is 14.6. The molecule has 1 fully saturated rings. The summed E-state index contributed by atoms with van der Waals surface area (Å²) in [6.07, 6.45) is 2.55. The second-order valence-corrected chi connectivity index (χ2v) is 10.4. The fourth-order valence-electron chi connectivity index (χ4n) is 4.73. The Labute approximate surface area is 208 Å². The number of anilines is 1. The van der Waals surface area contributed by atoms with Gasteiger partial charge in [-0.25, -0.2) is 20.1 Å². The molecule has 0 saturated heterocycles. The van der Waals surface area contributed by atoms with Gasteiger partial charge in [-0.2, -0.15) is 5.26 Å². The van der Waals surface area contributed by atoms with Crippen LogP contribution >= 0.6 is 0 Å². The Kier molecular flexibility index (Phi) is 5.39. The molecule has 3 aliphatic rings. The number of carbonyl (C=O) groups excluding carboxylic acids is 2. The van der Waals surface area contributed by atoms with Crippen LogP contribution in [0.1, 0.15) is 60.8 Å². The predicted octanol–water partition coefficient (Wildman–Crippen LogP) is 3.79. The molecule has 36 heavy (non-hydrogen) atoms. The Balaban J connectivity index is 1.44. The predicted molar refractivity (Wildman–Crippen MR) is 130 cm³/mol. The third-order valence-corrected chi connectivity index (χ3v) is 6.66. The van der Waals surface area contributed by atoms with E-state index in [1.165, 1.54) is 6.20 Å². The Hall–Kier alpha value is -4.13. The van der Waals surface area contributed by atoms with Crippen LogP contribution < -0.4 is 15.4 Å². The van der Waals surface area contributed by atoms with Crippen molar-refractivity contribution in [1.29, 1.82) is 5.26 Å². The standard InChI is InChI=1S/C26H27N5O5/c1-15-9-16(11-27)12-28-20(15)21(32)29-17-5-6-19-18(10-17)26(25(7-8-25)13-34-19)14-35-22(31-26)30-23(33)36-24(2,3)4/h5-6,9-10,12H,7-8,13-14H2,1-4H3,(H,29,32)(H,30,31,33). The molecular formula is C26H27N5O5. The first-order chi connectivity index (χ1) is 17.0. The maximum Gasteiger partial charge on any atom is 0.415 e. The minimum Gasteiger partial charge on any atom is -0.493 e. The molecule has 1 unspecified atom stereocenters. The van der Waals surface area contributed by atoms with E-state index in [0.717, 1.165) is 18.4 Å². The van der Waals surface area contributed by atoms with Crippen molar-refractivity contribution >= 4 is 23.7 Å². The molecule has 10 nitrogen and oxygen atoms in total. The Morgan fingerprint density at radius 1 is 1.14 bits per heavy atom. The minimum atomic E-state index is -0.756. The normalized spacial score (nSPS) is 20.9. The molecule has 1 aromatic heterocycles. The van der Waals surface area contributed by atoms with Crippen molar-refractivity contribution in [3.05, 3.63) is 52.8 Å². The number of fused-ring (bicyclic) bond motifs is 3. The van der Waals surface area contributed by atoms with E-state index in [4.69, 9.17) is 24.5 Å². The van der Waals surface area contributed by atoms with Crippen LogP contribution in [0.4, 0.5) is 10.5 Å². The van der Waals surface area contributed by atoms with E-state index in [1.54, 1.807) is 45.9 Å². The molecule has 1 aromatic carbocycles. The summed E-state index contributed by atoms with van der Waals surface area (Å²) >= 11 is 0. The summed E-state index contributed by atoms with van der Waals surface area (Å²) in [6.45, 7) is 7.81. The highest BCUT2D eigenvalue weighted by molar-refractivity contribution is 6.04. The molecule has 10 heteroatoms. The second kappa shape index (κ2) is 8.22. The van der Waals surface area contributed by atoms with Crippen molar-refractivity contribution < 1.29 is 23.8 Å². The number of alkyl carbamates (subject to hydrolysis) is 1. The fourth-order valence-corrected chi connectivity index (χ4v) is 4.73. The first kappa shape index (κ1) is 23.6. The van der Waals surface area contributed by atoms with Gasteiger partial charge in [0, 0.05) is 22.9 Å². The number of nitrogens with one attached hydrogen (secondary N) is 2. The van der Waals surface area contributed by atoms with Gasteiger partial charge in [-0.3, -0.25) is 4.79 Å². The Morgan fingerprint density at radius 2 is 1.92 bits per heavy atom. The first-order valence-corrected chi connectivity index (χ1v) is 11.7. The third kappa shape index (κ3) is 4.11. The SMILES string of the molecule is Cc1cc(C#N)cnc1C(=O)Nc1ccc2c(c1)C1(COC(NC(=O)OC(C)(C)C)=N1)C1(CC1)CO2. The molecule has 2 aliphatic heterocycles. The van der Waals surface area contributed by atoms with Gasteiger partial charge in [-0.1, -0.05) is 0 Å². The van der Waals surface area contributed by atoms with Gasteiger partial charge in [0.05, 0.1) is 12.2 Å². The van der Waals surface area contributed by atoms with Crippen LogP contribution in [0, 0.1) is 23.7 Å². The lowest BCUT2D eigenvalue weighted by Gasteiger charge is -2.39. The maximum atomic E-state index is 12.9. The number of aryl methyl sites for hydroxylation is 1.